The maximum atomic E-state index is 4.01. The molecule has 0 aliphatic carbocycles. The molecule has 0 atom stereocenters. The van der Waals surface area contributed by atoms with E-state index in [1.807, 2.05) is 20.8 Å². The molecule has 0 amide bonds. The first kappa shape index (κ1) is 16.1. The fourth-order valence-corrected chi connectivity index (χ4v) is 3.10. The minimum absolute atomic E-state index is 1.09. The van der Waals surface area contributed by atoms with Gasteiger partial charge < -0.3 is 4.57 Å². The third-order valence-corrected chi connectivity index (χ3v) is 4.20. The van der Waals surface area contributed by atoms with Gasteiger partial charge in [-0.25, -0.2) is 0 Å². The van der Waals surface area contributed by atoms with Gasteiger partial charge in [-0.3, -0.25) is 0 Å². The molecule has 1 nitrogen and oxygen atoms in total. The average molecular weight is 313 g/mol. The van der Waals surface area contributed by atoms with Crippen molar-refractivity contribution in [1.82, 2.24) is 4.57 Å². The normalized spacial score (nSPS) is 10.5. The lowest BCUT2D eigenvalue weighted by molar-refractivity contribution is 1.18. The van der Waals surface area contributed by atoms with E-state index >= 15 is 0 Å². The Kier molecular flexibility index (Phi) is 4.52. The van der Waals surface area contributed by atoms with Crippen molar-refractivity contribution in [1.29, 1.82) is 0 Å². The molecule has 1 heterocycles. The van der Waals surface area contributed by atoms with Crippen LogP contribution in [0.5, 0.6) is 0 Å². The number of para-hydroxylation sites is 2. The molecule has 0 unspecified atom stereocenters. The van der Waals surface area contributed by atoms with Crippen molar-refractivity contribution >= 4 is 27.4 Å². The van der Waals surface area contributed by atoms with Crippen molar-refractivity contribution in [2.75, 3.05) is 0 Å². The third-order valence-electron chi connectivity index (χ3n) is 4.20. The topological polar surface area (TPSA) is 4.93 Å². The number of aromatic nitrogens is 1. The van der Waals surface area contributed by atoms with Gasteiger partial charge in [-0.15, -0.1) is 0 Å². The molecule has 0 N–H and O–H groups in total. The van der Waals surface area contributed by atoms with Crippen LogP contribution < -0.4 is 0 Å². The summed E-state index contributed by atoms with van der Waals surface area (Å²) in [5.41, 5.74) is 5.94. The van der Waals surface area contributed by atoms with E-state index < -0.39 is 0 Å². The molecule has 1 heteroatoms. The Morgan fingerprint density at radius 3 is 1.62 bits per heavy atom. The first-order chi connectivity index (χ1) is 11.8. The van der Waals surface area contributed by atoms with E-state index in [0.717, 1.165) is 5.57 Å². The second-order valence-electron chi connectivity index (χ2n) is 5.70. The predicted octanol–water partition coefficient (Wildman–Crippen LogP) is 6.84. The van der Waals surface area contributed by atoms with E-state index in [1.165, 1.54) is 33.1 Å². The van der Waals surface area contributed by atoms with Gasteiger partial charge in [0.05, 0.1) is 11.0 Å². The summed E-state index contributed by atoms with van der Waals surface area (Å²) in [7, 11) is 0. The minimum Gasteiger partial charge on any atom is -0.309 e. The second kappa shape index (κ2) is 6.76. The van der Waals surface area contributed by atoms with Gasteiger partial charge in [0.1, 0.15) is 0 Å². The number of hydrogen-bond donors (Lipinski definition) is 0. The first-order valence-corrected chi connectivity index (χ1v) is 8.50. The third kappa shape index (κ3) is 2.63. The smallest absolute Gasteiger partial charge is 0.0541 e. The van der Waals surface area contributed by atoms with Crippen molar-refractivity contribution in [3.63, 3.8) is 0 Å². The number of hydrogen-bond acceptors (Lipinski definition) is 0. The van der Waals surface area contributed by atoms with Gasteiger partial charge in [0.15, 0.2) is 0 Å². The molecule has 4 aromatic rings. The van der Waals surface area contributed by atoms with Crippen molar-refractivity contribution in [3.05, 3.63) is 84.9 Å². The quantitative estimate of drug-likeness (QED) is 0.381. The molecule has 0 bridgehead atoms. The molecule has 3 aromatic carbocycles. The molecule has 0 spiro atoms. The fourth-order valence-electron chi connectivity index (χ4n) is 3.10. The van der Waals surface area contributed by atoms with Crippen LogP contribution in [0.15, 0.2) is 79.4 Å². The second-order valence-corrected chi connectivity index (χ2v) is 5.70. The average Bonchev–Trinajstić information content (AvgIpc) is 2.98. The molecule has 0 aliphatic rings. The first-order valence-electron chi connectivity index (χ1n) is 8.50. The summed E-state index contributed by atoms with van der Waals surface area (Å²) < 4.78 is 2.33. The molecule has 0 radical (unpaired) electrons. The zero-order valence-electron chi connectivity index (χ0n) is 14.6. The largest absolute Gasteiger partial charge is 0.309 e. The van der Waals surface area contributed by atoms with Crippen LogP contribution in [0, 0.1) is 0 Å². The van der Waals surface area contributed by atoms with E-state index in [2.05, 4.69) is 83.9 Å². The fraction of sp³-hybridized carbons (Fsp3) is 0.130. The van der Waals surface area contributed by atoms with Crippen molar-refractivity contribution in [2.45, 2.75) is 20.8 Å². The molecule has 120 valence electrons. The Balaban J connectivity index is 0.000000815. The highest BCUT2D eigenvalue weighted by molar-refractivity contribution is 6.09. The van der Waals surface area contributed by atoms with Gasteiger partial charge >= 0.3 is 0 Å². The highest BCUT2D eigenvalue weighted by atomic mass is 15.0. The van der Waals surface area contributed by atoms with E-state index in [-0.39, 0.29) is 0 Å². The summed E-state index contributed by atoms with van der Waals surface area (Å²) >= 11 is 0. The highest BCUT2D eigenvalue weighted by Crippen LogP contribution is 2.31. The molecule has 0 saturated carbocycles. The van der Waals surface area contributed by atoms with Crippen molar-refractivity contribution in [2.24, 2.45) is 0 Å². The van der Waals surface area contributed by atoms with Crippen LogP contribution in [-0.2, 0) is 0 Å². The number of rotatable bonds is 2. The number of allylic oxidation sites excluding steroid dienone is 1. The monoisotopic (exact) mass is 313 g/mol. The maximum absolute atomic E-state index is 4.01. The molecule has 0 fully saturated rings. The van der Waals surface area contributed by atoms with Gasteiger partial charge in [0.2, 0.25) is 0 Å². The Labute approximate surface area is 143 Å². The molecule has 4 rings (SSSR count). The Bertz CT molecular complexity index is 934. The van der Waals surface area contributed by atoms with Crippen molar-refractivity contribution < 1.29 is 0 Å². The summed E-state index contributed by atoms with van der Waals surface area (Å²) in [5.74, 6) is 0. The van der Waals surface area contributed by atoms with E-state index in [9.17, 15) is 0 Å². The van der Waals surface area contributed by atoms with Crippen LogP contribution in [0.1, 0.15) is 26.3 Å². The minimum atomic E-state index is 1.09. The summed E-state index contributed by atoms with van der Waals surface area (Å²) in [5, 5.41) is 2.59. The summed E-state index contributed by atoms with van der Waals surface area (Å²) in [4.78, 5) is 0. The standard InChI is InChI=1S/C21H17N.C2H6/c1-15(2)16-11-13-17(14-12-16)22-20-9-5-3-7-18(20)19-8-4-6-10-21(19)22;1-2/h3-14H,1H2,2H3;1-2H3. The summed E-state index contributed by atoms with van der Waals surface area (Å²) in [6.07, 6.45) is 0. The van der Waals surface area contributed by atoms with E-state index in [0.29, 0.717) is 0 Å². The predicted molar refractivity (Wildman–Crippen MR) is 107 cm³/mol. The van der Waals surface area contributed by atoms with Crippen LogP contribution in [0.4, 0.5) is 0 Å². The van der Waals surface area contributed by atoms with Gasteiger partial charge in [-0.05, 0) is 36.8 Å². The molecule has 24 heavy (non-hydrogen) atoms. The lowest BCUT2D eigenvalue weighted by Gasteiger charge is -2.09. The van der Waals surface area contributed by atoms with E-state index in [1.54, 1.807) is 0 Å². The Hall–Kier alpha value is -2.80. The van der Waals surface area contributed by atoms with E-state index in [4.69, 9.17) is 0 Å². The highest BCUT2D eigenvalue weighted by Gasteiger charge is 2.10. The summed E-state index contributed by atoms with van der Waals surface area (Å²) in [6, 6.07) is 25.8. The maximum Gasteiger partial charge on any atom is 0.0541 e. The van der Waals surface area contributed by atoms with Crippen molar-refractivity contribution in [3.8, 4) is 5.69 Å². The SMILES string of the molecule is C=C(C)c1ccc(-n2c3ccccc3c3ccccc32)cc1.CC. The lowest BCUT2D eigenvalue weighted by atomic mass is 10.1. The van der Waals surface area contributed by atoms with Gasteiger partial charge in [-0.2, -0.15) is 0 Å². The van der Waals surface area contributed by atoms with Crippen LogP contribution in [0.2, 0.25) is 0 Å². The number of nitrogens with zero attached hydrogens (tertiary/aromatic N) is 1. The molecule has 1 aromatic heterocycles. The molecule has 0 aliphatic heterocycles. The Morgan fingerprint density at radius 1 is 0.708 bits per heavy atom. The van der Waals surface area contributed by atoms with Gasteiger partial charge in [-0.1, -0.05) is 74.5 Å². The molecular weight excluding hydrogens is 290 g/mol. The molecular formula is C23H23N. The van der Waals surface area contributed by atoms with Crippen LogP contribution in [0.25, 0.3) is 33.1 Å². The lowest BCUT2D eigenvalue weighted by Crippen LogP contribution is -1.93. The number of benzene rings is 3. The molecule has 0 saturated heterocycles. The van der Waals surface area contributed by atoms with Gasteiger partial charge in [0.25, 0.3) is 0 Å². The zero-order valence-corrected chi connectivity index (χ0v) is 14.6. The Morgan fingerprint density at radius 2 is 1.17 bits per heavy atom. The van der Waals surface area contributed by atoms with Crippen LogP contribution >= 0.6 is 0 Å². The number of fused-ring (bicyclic) bond motifs is 3. The van der Waals surface area contributed by atoms with Crippen LogP contribution in [0.3, 0.4) is 0 Å². The van der Waals surface area contributed by atoms with Crippen LogP contribution in [-0.4, -0.2) is 4.57 Å². The summed E-state index contributed by atoms with van der Waals surface area (Å²) in [6.45, 7) is 10.0. The van der Waals surface area contributed by atoms with Gasteiger partial charge in [0, 0.05) is 16.5 Å². The zero-order chi connectivity index (χ0) is 17.1.